The van der Waals surface area contributed by atoms with Gasteiger partial charge >= 0.3 is 17.9 Å². The molecule has 6 heteroatoms. The number of hydrogen-bond acceptors (Lipinski definition) is 6. The number of hydrogen-bond donors (Lipinski definition) is 0. The van der Waals surface area contributed by atoms with Crippen molar-refractivity contribution in [2.75, 3.05) is 13.2 Å². The van der Waals surface area contributed by atoms with Crippen LogP contribution >= 0.6 is 0 Å². The largest absolute Gasteiger partial charge is 0.462 e. The van der Waals surface area contributed by atoms with E-state index in [1.54, 1.807) is 0 Å². The van der Waals surface area contributed by atoms with Gasteiger partial charge in [0, 0.05) is 19.3 Å². The van der Waals surface area contributed by atoms with Crippen LogP contribution in [0.2, 0.25) is 0 Å². The van der Waals surface area contributed by atoms with Gasteiger partial charge in [0.15, 0.2) is 6.10 Å². The lowest BCUT2D eigenvalue weighted by molar-refractivity contribution is -0.167. The molecule has 0 N–H and O–H groups in total. The second-order valence-corrected chi connectivity index (χ2v) is 22.3. The topological polar surface area (TPSA) is 78.9 Å². The van der Waals surface area contributed by atoms with E-state index in [1.807, 2.05) is 0 Å². The van der Waals surface area contributed by atoms with Gasteiger partial charge < -0.3 is 14.2 Å². The zero-order valence-electron chi connectivity index (χ0n) is 53.9. The van der Waals surface area contributed by atoms with Gasteiger partial charge in [0.2, 0.25) is 0 Å². The van der Waals surface area contributed by atoms with Crippen LogP contribution in [-0.2, 0) is 28.6 Å². The van der Waals surface area contributed by atoms with Crippen LogP contribution in [0.1, 0.15) is 303 Å². The fourth-order valence-electron chi connectivity index (χ4n) is 9.27. The molecule has 0 aliphatic carbocycles. The molecular weight excluding hydrogens is 1020 g/mol. The fourth-order valence-corrected chi connectivity index (χ4v) is 9.27. The Morgan fingerprint density at radius 2 is 0.470 bits per heavy atom. The van der Waals surface area contributed by atoms with Crippen LogP contribution in [0, 0.1) is 0 Å². The number of ether oxygens (including phenoxy) is 3. The van der Waals surface area contributed by atoms with E-state index in [2.05, 4.69) is 167 Å². The molecule has 0 fully saturated rings. The molecule has 0 aromatic carbocycles. The van der Waals surface area contributed by atoms with Gasteiger partial charge in [0.1, 0.15) is 13.2 Å². The highest BCUT2D eigenvalue weighted by Crippen LogP contribution is 2.16. The van der Waals surface area contributed by atoms with Crippen LogP contribution in [0.25, 0.3) is 0 Å². The van der Waals surface area contributed by atoms with Crippen molar-refractivity contribution < 1.29 is 28.6 Å². The van der Waals surface area contributed by atoms with Gasteiger partial charge in [-0.05, 0) is 122 Å². The minimum Gasteiger partial charge on any atom is -0.462 e. The Morgan fingerprint density at radius 3 is 0.759 bits per heavy atom. The molecule has 0 saturated carbocycles. The minimum atomic E-state index is -0.805. The van der Waals surface area contributed by atoms with E-state index < -0.39 is 6.10 Å². The third-order valence-electron chi connectivity index (χ3n) is 14.3. The smallest absolute Gasteiger partial charge is 0.306 e. The number of rotatable bonds is 61. The van der Waals surface area contributed by atoms with Gasteiger partial charge in [0.05, 0.1) is 0 Å². The van der Waals surface area contributed by atoms with Gasteiger partial charge in [-0.15, -0.1) is 0 Å². The summed E-state index contributed by atoms with van der Waals surface area (Å²) in [5, 5.41) is 0. The molecule has 0 aliphatic heterocycles. The zero-order chi connectivity index (χ0) is 59.9. The van der Waals surface area contributed by atoms with Crippen molar-refractivity contribution in [2.45, 2.75) is 309 Å². The molecule has 1 atom stereocenters. The Bertz CT molecular complexity index is 1800. The lowest BCUT2D eigenvalue weighted by atomic mass is 10.0. The van der Waals surface area contributed by atoms with Crippen molar-refractivity contribution in [1.29, 1.82) is 0 Å². The van der Waals surface area contributed by atoms with E-state index in [9.17, 15) is 14.4 Å². The number of allylic oxidation sites excluding steroid dienone is 24. The van der Waals surface area contributed by atoms with Crippen LogP contribution in [0.3, 0.4) is 0 Å². The molecule has 0 amide bonds. The molecule has 0 bridgehead atoms. The first-order chi connectivity index (χ1) is 41.0. The van der Waals surface area contributed by atoms with Gasteiger partial charge in [-0.1, -0.05) is 308 Å². The van der Waals surface area contributed by atoms with E-state index in [4.69, 9.17) is 14.2 Å². The van der Waals surface area contributed by atoms with Crippen molar-refractivity contribution >= 4 is 17.9 Å². The number of carbonyl (C=O) groups excluding carboxylic acids is 3. The molecule has 0 aromatic heterocycles. The molecule has 83 heavy (non-hydrogen) atoms. The zero-order valence-corrected chi connectivity index (χ0v) is 53.9. The molecule has 0 rings (SSSR count). The third kappa shape index (κ3) is 68.0. The van der Waals surface area contributed by atoms with Crippen LogP contribution in [0.5, 0.6) is 0 Å². The molecule has 0 radical (unpaired) electrons. The van der Waals surface area contributed by atoms with Crippen LogP contribution < -0.4 is 0 Å². The normalized spacial score (nSPS) is 13.0. The molecule has 470 valence electrons. The SMILES string of the molecule is CC/C=C\C/C=C\C/C=C\C/C=C\C/C=C\C/C=C\C/C=C\C/C=C\CCCCC(=O)OC(COC(=O)CCCCCCCCCCC)COC(=O)CCCCCCCCCCCCCCCCCC/C=C\C/C=C\C/C=C\C/C=C\CC. The van der Waals surface area contributed by atoms with Crippen molar-refractivity contribution in [2.24, 2.45) is 0 Å². The van der Waals surface area contributed by atoms with Crippen molar-refractivity contribution in [3.05, 3.63) is 146 Å². The van der Waals surface area contributed by atoms with E-state index in [1.165, 1.54) is 128 Å². The maximum atomic E-state index is 12.9. The first-order valence-corrected chi connectivity index (χ1v) is 34.3. The second-order valence-electron chi connectivity index (χ2n) is 22.3. The Hall–Kier alpha value is -4.71. The van der Waals surface area contributed by atoms with Crippen molar-refractivity contribution in [1.82, 2.24) is 0 Å². The monoisotopic (exact) mass is 1150 g/mol. The Balaban J connectivity index is 4.26. The highest BCUT2D eigenvalue weighted by molar-refractivity contribution is 5.71. The molecule has 0 heterocycles. The summed E-state index contributed by atoms with van der Waals surface area (Å²) < 4.78 is 16.9. The van der Waals surface area contributed by atoms with Gasteiger partial charge in [0.25, 0.3) is 0 Å². The lowest BCUT2D eigenvalue weighted by Crippen LogP contribution is -2.30. The lowest BCUT2D eigenvalue weighted by Gasteiger charge is -2.18. The average molecular weight is 1150 g/mol. The maximum Gasteiger partial charge on any atom is 0.306 e. The summed E-state index contributed by atoms with van der Waals surface area (Å²) in [6, 6.07) is 0. The van der Waals surface area contributed by atoms with Crippen LogP contribution in [-0.4, -0.2) is 37.2 Å². The summed E-state index contributed by atoms with van der Waals surface area (Å²) in [6.45, 7) is 6.37. The Morgan fingerprint density at radius 1 is 0.253 bits per heavy atom. The van der Waals surface area contributed by atoms with Gasteiger partial charge in [-0.3, -0.25) is 14.4 Å². The van der Waals surface area contributed by atoms with Crippen molar-refractivity contribution in [3.8, 4) is 0 Å². The molecule has 1 unspecified atom stereocenters. The summed E-state index contributed by atoms with van der Waals surface area (Å²) in [5.41, 5.74) is 0. The quantitative estimate of drug-likeness (QED) is 0.0261. The molecule has 0 aliphatic rings. The molecule has 0 aromatic rings. The second kappa shape index (κ2) is 69.8. The highest BCUT2D eigenvalue weighted by atomic mass is 16.6. The van der Waals surface area contributed by atoms with E-state index >= 15 is 0 Å². The van der Waals surface area contributed by atoms with Crippen molar-refractivity contribution in [3.63, 3.8) is 0 Å². The van der Waals surface area contributed by atoms with E-state index in [0.717, 1.165) is 128 Å². The number of carbonyl (C=O) groups is 3. The van der Waals surface area contributed by atoms with Gasteiger partial charge in [-0.2, -0.15) is 0 Å². The summed E-state index contributed by atoms with van der Waals surface area (Å²) in [4.78, 5) is 38.3. The predicted molar refractivity (Wildman–Crippen MR) is 362 cm³/mol. The molecule has 6 nitrogen and oxygen atoms in total. The maximum absolute atomic E-state index is 12.9. The molecule has 0 saturated heterocycles. The number of unbranched alkanes of at least 4 members (excludes halogenated alkanes) is 26. The predicted octanol–water partition coefficient (Wildman–Crippen LogP) is 23.9. The third-order valence-corrected chi connectivity index (χ3v) is 14.3. The first-order valence-electron chi connectivity index (χ1n) is 34.3. The highest BCUT2D eigenvalue weighted by Gasteiger charge is 2.19. The molecular formula is C77H126O6. The summed E-state index contributed by atoms with van der Waals surface area (Å²) in [6.07, 6.45) is 100. The van der Waals surface area contributed by atoms with E-state index in [-0.39, 0.29) is 37.5 Å². The van der Waals surface area contributed by atoms with E-state index in [0.29, 0.717) is 19.3 Å². The van der Waals surface area contributed by atoms with Crippen LogP contribution in [0.15, 0.2) is 146 Å². The first kappa shape index (κ1) is 78.3. The molecule has 0 spiro atoms. The summed E-state index contributed by atoms with van der Waals surface area (Å²) in [7, 11) is 0. The Labute approximate surface area is 512 Å². The minimum absolute atomic E-state index is 0.0970. The standard InChI is InChI=1S/C77H126O6/c1-4-7-10-13-16-19-21-23-25-27-29-31-33-35-37-38-40-41-43-45-47-49-51-53-55-58-61-64-67-70-76(79)82-73-74(72-81-75(78)69-66-63-60-57-18-15-12-9-6-3)83-77(80)71-68-65-62-59-56-54-52-50-48-46-44-42-39-36-34-32-30-28-26-24-22-20-17-14-11-8-5-2/h7-8,10-11,16-17,19-20,23-26,29-32,36,39,44,46,50,52,56,59,74H,4-6,9,12-15,18,21-22,27-28,33-35,37-38,40-43,45,47-49,51,53-55,57-58,60-73H2,1-3H3/b10-7-,11-8-,19-16-,20-17-,25-23-,26-24-,31-29-,32-30-,39-36-,46-44-,52-50-,59-56-. The fraction of sp³-hybridized carbons (Fsp3) is 0.649. The Kier molecular flexibility index (Phi) is 65.8. The summed E-state index contributed by atoms with van der Waals surface area (Å²) in [5.74, 6) is -0.939. The van der Waals surface area contributed by atoms with Gasteiger partial charge in [-0.25, -0.2) is 0 Å². The average Bonchev–Trinajstić information content (AvgIpc) is 3.49. The summed E-state index contributed by atoms with van der Waals surface area (Å²) >= 11 is 0. The number of esters is 3. The van der Waals surface area contributed by atoms with Crippen LogP contribution in [0.4, 0.5) is 0 Å².